The molecule has 1 aliphatic rings. The van der Waals surface area contributed by atoms with Gasteiger partial charge in [0.2, 0.25) is 5.91 Å². The van der Waals surface area contributed by atoms with Crippen molar-refractivity contribution in [1.82, 2.24) is 24.9 Å². The van der Waals surface area contributed by atoms with Crippen LogP contribution in [0.2, 0.25) is 0 Å². The highest BCUT2D eigenvalue weighted by atomic mass is 16.2. The summed E-state index contributed by atoms with van der Waals surface area (Å²) in [4.78, 5) is 20.1. The van der Waals surface area contributed by atoms with Crippen molar-refractivity contribution in [3.63, 3.8) is 0 Å². The molecule has 0 bridgehead atoms. The lowest BCUT2D eigenvalue weighted by atomic mass is 10.3. The molecule has 116 valence electrons. The van der Waals surface area contributed by atoms with E-state index in [0.717, 1.165) is 44.4 Å². The molecule has 1 amide bonds. The molecule has 1 aromatic heterocycles. The second kappa shape index (κ2) is 7.10. The first-order valence-electron chi connectivity index (χ1n) is 7.37. The number of rotatable bonds is 3. The first-order valence-corrected chi connectivity index (χ1v) is 7.37. The highest BCUT2D eigenvalue weighted by Crippen LogP contribution is 2.04. The third kappa shape index (κ3) is 3.96. The third-order valence-electron chi connectivity index (χ3n) is 3.67. The van der Waals surface area contributed by atoms with E-state index in [4.69, 9.17) is 0 Å². The van der Waals surface area contributed by atoms with E-state index in [-0.39, 0.29) is 5.91 Å². The number of nitrogens with one attached hydrogen (secondary N) is 1. The molecule has 1 aromatic rings. The molecule has 21 heavy (non-hydrogen) atoms. The second-order valence-corrected chi connectivity index (χ2v) is 5.11. The first-order chi connectivity index (χ1) is 10.1. The van der Waals surface area contributed by atoms with Crippen LogP contribution in [-0.2, 0) is 18.4 Å². The highest BCUT2D eigenvalue weighted by molar-refractivity contribution is 5.80. The molecular weight excluding hydrogens is 268 g/mol. The van der Waals surface area contributed by atoms with E-state index in [1.807, 2.05) is 22.7 Å². The van der Waals surface area contributed by atoms with Gasteiger partial charge >= 0.3 is 0 Å². The van der Waals surface area contributed by atoms with E-state index in [1.54, 1.807) is 13.1 Å². The normalized spacial score (nSPS) is 16.2. The molecule has 0 unspecified atom stereocenters. The van der Waals surface area contributed by atoms with Gasteiger partial charge in [-0.3, -0.25) is 9.48 Å². The Hall–Kier alpha value is -2.05. The minimum atomic E-state index is 0.145. The number of nitrogens with zero attached hydrogens (tertiary/aromatic N) is 5. The van der Waals surface area contributed by atoms with Crippen LogP contribution in [0.4, 0.5) is 0 Å². The Labute approximate surface area is 125 Å². The van der Waals surface area contributed by atoms with Crippen LogP contribution in [0.25, 0.3) is 0 Å². The molecule has 7 heteroatoms. The van der Waals surface area contributed by atoms with Gasteiger partial charge in [-0.05, 0) is 13.0 Å². The lowest BCUT2D eigenvalue weighted by Gasteiger charge is -2.36. The van der Waals surface area contributed by atoms with E-state index < -0.39 is 0 Å². The number of guanidine groups is 1. The van der Waals surface area contributed by atoms with E-state index in [0.29, 0.717) is 6.54 Å². The van der Waals surface area contributed by atoms with Crippen LogP contribution in [0.1, 0.15) is 19.5 Å². The van der Waals surface area contributed by atoms with Crippen LogP contribution < -0.4 is 5.32 Å². The van der Waals surface area contributed by atoms with Gasteiger partial charge in [0.15, 0.2) is 5.96 Å². The molecule has 2 heterocycles. The number of amides is 1. The van der Waals surface area contributed by atoms with E-state index in [2.05, 4.69) is 27.2 Å². The quantitative estimate of drug-likeness (QED) is 0.631. The van der Waals surface area contributed by atoms with Crippen molar-refractivity contribution in [2.75, 3.05) is 32.7 Å². The molecule has 7 nitrogen and oxygen atoms in total. The number of carbonyl (C=O) groups excluding carboxylic acids is 1. The van der Waals surface area contributed by atoms with Crippen molar-refractivity contribution < 1.29 is 4.79 Å². The highest BCUT2D eigenvalue weighted by Gasteiger charge is 2.20. The zero-order chi connectivity index (χ0) is 15.2. The van der Waals surface area contributed by atoms with Crippen molar-refractivity contribution in [2.45, 2.75) is 20.4 Å². The zero-order valence-electron chi connectivity index (χ0n) is 13.0. The first kappa shape index (κ1) is 15.3. The number of piperazine rings is 1. The Morgan fingerprint density at radius 1 is 1.33 bits per heavy atom. The molecule has 1 fully saturated rings. The Morgan fingerprint density at radius 2 is 2.00 bits per heavy atom. The summed E-state index contributed by atoms with van der Waals surface area (Å²) in [6, 6.07) is 1.97. The lowest BCUT2D eigenvalue weighted by molar-refractivity contribution is -0.130. The van der Waals surface area contributed by atoms with Crippen molar-refractivity contribution in [3.8, 4) is 0 Å². The van der Waals surface area contributed by atoms with Gasteiger partial charge in [0.1, 0.15) is 0 Å². The van der Waals surface area contributed by atoms with Crippen molar-refractivity contribution >= 4 is 11.9 Å². The van der Waals surface area contributed by atoms with Gasteiger partial charge in [-0.25, -0.2) is 4.99 Å². The largest absolute Gasteiger partial charge is 0.357 e. The van der Waals surface area contributed by atoms with Gasteiger partial charge in [-0.2, -0.15) is 5.10 Å². The number of hydrogen-bond donors (Lipinski definition) is 1. The maximum atomic E-state index is 11.4. The molecule has 0 aromatic carbocycles. The minimum absolute atomic E-state index is 0.145. The Kier molecular flexibility index (Phi) is 5.19. The van der Waals surface area contributed by atoms with Crippen molar-refractivity contribution in [3.05, 3.63) is 18.0 Å². The van der Waals surface area contributed by atoms with E-state index in [9.17, 15) is 4.79 Å². The summed E-state index contributed by atoms with van der Waals surface area (Å²) in [5.74, 6) is 1.05. The summed E-state index contributed by atoms with van der Waals surface area (Å²) in [5.41, 5.74) is 1.08. The average Bonchev–Trinajstić information content (AvgIpc) is 2.89. The average molecular weight is 292 g/mol. The van der Waals surface area contributed by atoms with Crippen LogP contribution in [0.15, 0.2) is 17.3 Å². The number of aliphatic imine (C=N–C) groups is 1. The topological polar surface area (TPSA) is 65.8 Å². The smallest absolute Gasteiger partial charge is 0.219 e. The van der Waals surface area contributed by atoms with Gasteiger partial charge in [0, 0.05) is 52.9 Å². The molecule has 0 radical (unpaired) electrons. The van der Waals surface area contributed by atoms with Crippen LogP contribution in [0.5, 0.6) is 0 Å². The minimum Gasteiger partial charge on any atom is -0.357 e. The Bertz CT molecular complexity index is 501. The standard InChI is InChI=1S/C14H24N6O/c1-4-15-14(16-11-13-5-6-17-18(13)3)20-9-7-19(8-10-20)12(2)21/h5-6H,4,7-11H2,1-3H3,(H,15,16). The molecule has 2 rings (SSSR count). The fourth-order valence-corrected chi connectivity index (χ4v) is 2.37. The van der Waals surface area contributed by atoms with Crippen molar-refractivity contribution in [2.24, 2.45) is 12.0 Å². The molecule has 0 aliphatic carbocycles. The van der Waals surface area contributed by atoms with Crippen LogP contribution in [-0.4, -0.2) is 64.2 Å². The Morgan fingerprint density at radius 3 is 2.52 bits per heavy atom. The predicted octanol–water partition coefficient (Wildman–Crippen LogP) is 0.0497. The zero-order valence-corrected chi connectivity index (χ0v) is 13.0. The molecule has 0 atom stereocenters. The van der Waals surface area contributed by atoms with Gasteiger partial charge in [-0.15, -0.1) is 0 Å². The predicted molar refractivity (Wildman–Crippen MR) is 81.9 cm³/mol. The summed E-state index contributed by atoms with van der Waals surface area (Å²) < 4.78 is 1.83. The SMILES string of the molecule is CCNC(=NCc1ccnn1C)N1CCN(C(C)=O)CC1. The maximum absolute atomic E-state index is 11.4. The van der Waals surface area contributed by atoms with Gasteiger partial charge in [0.25, 0.3) is 0 Å². The monoisotopic (exact) mass is 292 g/mol. The van der Waals surface area contributed by atoms with E-state index >= 15 is 0 Å². The summed E-state index contributed by atoms with van der Waals surface area (Å²) in [7, 11) is 1.92. The summed E-state index contributed by atoms with van der Waals surface area (Å²) in [5, 5.41) is 7.47. The van der Waals surface area contributed by atoms with Gasteiger partial charge in [0.05, 0.1) is 12.2 Å². The van der Waals surface area contributed by atoms with E-state index in [1.165, 1.54) is 0 Å². The van der Waals surface area contributed by atoms with Gasteiger partial charge < -0.3 is 15.1 Å². The molecule has 1 aliphatic heterocycles. The third-order valence-corrected chi connectivity index (χ3v) is 3.67. The fraction of sp³-hybridized carbons (Fsp3) is 0.643. The molecule has 1 saturated heterocycles. The number of aromatic nitrogens is 2. The molecule has 1 N–H and O–H groups in total. The second-order valence-electron chi connectivity index (χ2n) is 5.11. The Balaban J connectivity index is 1.99. The molecular formula is C14H24N6O. The molecule has 0 spiro atoms. The lowest BCUT2D eigenvalue weighted by Crippen LogP contribution is -2.53. The summed E-state index contributed by atoms with van der Waals surface area (Å²) in [6.45, 7) is 8.26. The molecule has 0 saturated carbocycles. The summed E-state index contributed by atoms with van der Waals surface area (Å²) in [6.07, 6.45) is 1.78. The van der Waals surface area contributed by atoms with Crippen molar-refractivity contribution in [1.29, 1.82) is 0 Å². The van der Waals surface area contributed by atoms with Crippen LogP contribution in [0.3, 0.4) is 0 Å². The maximum Gasteiger partial charge on any atom is 0.219 e. The number of carbonyl (C=O) groups is 1. The number of aryl methyl sites for hydroxylation is 1. The van der Waals surface area contributed by atoms with Crippen LogP contribution in [0, 0.1) is 0 Å². The number of hydrogen-bond acceptors (Lipinski definition) is 3. The van der Waals surface area contributed by atoms with Gasteiger partial charge in [-0.1, -0.05) is 0 Å². The van der Waals surface area contributed by atoms with Crippen LogP contribution >= 0.6 is 0 Å². The summed E-state index contributed by atoms with van der Waals surface area (Å²) >= 11 is 0. The fourth-order valence-electron chi connectivity index (χ4n) is 2.37.